The fraction of sp³-hybridized carbons (Fsp3) is 0.294. The molecule has 0 aliphatic carbocycles. The van der Waals surface area contributed by atoms with Crippen molar-refractivity contribution < 1.29 is 28.5 Å². The molecule has 3 heterocycles. The maximum absolute atomic E-state index is 14.2. The first-order chi connectivity index (χ1) is 21.6. The number of thiazole rings is 1. The van der Waals surface area contributed by atoms with Crippen LogP contribution in [0.15, 0.2) is 63.5 Å². The summed E-state index contributed by atoms with van der Waals surface area (Å²) in [7, 11) is 4.45. The first kappa shape index (κ1) is 31.5. The summed E-state index contributed by atoms with van der Waals surface area (Å²) in [5.41, 5.74) is 5.79. The number of aromatic nitrogens is 2. The summed E-state index contributed by atoms with van der Waals surface area (Å²) in [4.78, 5) is 45.0. The van der Waals surface area contributed by atoms with Gasteiger partial charge >= 0.3 is 11.9 Å². The number of carbonyl (C=O) groups excluding carboxylic acids is 2. The monoisotopic (exact) mass is 629 g/mol. The molecular formula is C34H35N3O7S. The number of allylic oxidation sites excluding steroid dienone is 1. The highest BCUT2D eigenvalue weighted by Crippen LogP contribution is 2.37. The van der Waals surface area contributed by atoms with E-state index in [-0.39, 0.29) is 17.7 Å². The SMILES string of the molecule is CCOC(=O)C1=C(C)N=c2s/c(=C/c3cc(C)n(-c4cccc(C(=O)OC)c4C)c3C)c(=O)n2[C@H]1c1ccc(OC)cc1OC. The average molecular weight is 630 g/mol. The van der Waals surface area contributed by atoms with Crippen molar-refractivity contribution in [1.82, 2.24) is 9.13 Å². The van der Waals surface area contributed by atoms with Crippen LogP contribution in [0.1, 0.15) is 58.3 Å². The third-order valence-electron chi connectivity index (χ3n) is 7.96. The van der Waals surface area contributed by atoms with Crippen LogP contribution in [0.5, 0.6) is 11.5 Å². The summed E-state index contributed by atoms with van der Waals surface area (Å²) in [6, 6.07) is 11.9. The van der Waals surface area contributed by atoms with Crippen molar-refractivity contribution in [3.05, 3.63) is 107 Å². The van der Waals surface area contributed by atoms with Gasteiger partial charge in [0.1, 0.15) is 17.5 Å². The molecule has 0 spiro atoms. The lowest BCUT2D eigenvalue weighted by Crippen LogP contribution is -2.40. The van der Waals surface area contributed by atoms with Crippen LogP contribution in [-0.2, 0) is 14.3 Å². The van der Waals surface area contributed by atoms with Crippen molar-refractivity contribution in [2.75, 3.05) is 27.9 Å². The molecule has 0 bridgehead atoms. The fourth-order valence-electron chi connectivity index (χ4n) is 5.77. The van der Waals surface area contributed by atoms with Gasteiger partial charge in [0.2, 0.25) is 0 Å². The summed E-state index contributed by atoms with van der Waals surface area (Å²) >= 11 is 1.25. The van der Waals surface area contributed by atoms with Gasteiger partial charge in [-0.1, -0.05) is 17.4 Å². The number of esters is 2. The van der Waals surface area contributed by atoms with Crippen molar-refractivity contribution in [3.63, 3.8) is 0 Å². The average Bonchev–Trinajstić information content (AvgIpc) is 3.48. The highest BCUT2D eigenvalue weighted by atomic mass is 32.1. The Balaban J connectivity index is 1.71. The minimum absolute atomic E-state index is 0.171. The van der Waals surface area contributed by atoms with Gasteiger partial charge in [-0.15, -0.1) is 0 Å². The Bertz CT molecular complexity index is 2050. The summed E-state index contributed by atoms with van der Waals surface area (Å²) in [5, 5.41) is 0. The Hall–Kier alpha value is -4.90. The number of fused-ring (bicyclic) bond motifs is 1. The molecule has 0 saturated carbocycles. The van der Waals surface area contributed by atoms with Crippen molar-refractivity contribution in [2.24, 2.45) is 4.99 Å². The second-order valence-corrected chi connectivity index (χ2v) is 11.5. The quantitative estimate of drug-likeness (QED) is 0.267. The Morgan fingerprint density at radius 1 is 1.00 bits per heavy atom. The molecule has 1 aliphatic rings. The summed E-state index contributed by atoms with van der Waals surface area (Å²) < 4.78 is 25.5. The molecule has 0 N–H and O–H groups in total. The van der Waals surface area contributed by atoms with Gasteiger partial charge in [0.05, 0.1) is 49.3 Å². The molecule has 0 fully saturated rings. The minimum Gasteiger partial charge on any atom is -0.497 e. The predicted molar refractivity (Wildman–Crippen MR) is 171 cm³/mol. The van der Waals surface area contributed by atoms with Crippen LogP contribution in [0.4, 0.5) is 0 Å². The van der Waals surface area contributed by atoms with Crippen LogP contribution in [0.2, 0.25) is 0 Å². The van der Waals surface area contributed by atoms with E-state index in [2.05, 4.69) is 9.56 Å². The predicted octanol–water partition coefficient (Wildman–Crippen LogP) is 4.32. The molecule has 4 aromatic rings. The Kier molecular flexibility index (Phi) is 8.83. The van der Waals surface area contributed by atoms with Gasteiger partial charge in [0.15, 0.2) is 4.80 Å². The summed E-state index contributed by atoms with van der Waals surface area (Å²) in [6.45, 7) is 9.47. The van der Waals surface area contributed by atoms with E-state index >= 15 is 0 Å². The molecule has 1 aliphatic heterocycles. The molecule has 5 rings (SSSR count). The van der Waals surface area contributed by atoms with Crippen LogP contribution < -0.4 is 24.4 Å². The lowest BCUT2D eigenvalue weighted by Gasteiger charge is -2.26. The summed E-state index contributed by atoms with van der Waals surface area (Å²) in [6.07, 6.45) is 1.84. The highest BCUT2D eigenvalue weighted by molar-refractivity contribution is 7.07. The molecule has 0 unspecified atom stereocenters. The zero-order chi connectivity index (χ0) is 32.6. The number of hydrogen-bond donors (Lipinski definition) is 0. The van der Waals surface area contributed by atoms with Crippen molar-refractivity contribution in [3.8, 4) is 17.2 Å². The highest BCUT2D eigenvalue weighted by Gasteiger charge is 2.35. The second kappa shape index (κ2) is 12.6. The topological polar surface area (TPSA) is 110 Å². The zero-order valence-electron chi connectivity index (χ0n) is 26.5. The van der Waals surface area contributed by atoms with Gasteiger partial charge in [-0.05, 0) is 82.2 Å². The van der Waals surface area contributed by atoms with E-state index in [1.54, 1.807) is 45.2 Å². The van der Waals surface area contributed by atoms with E-state index < -0.39 is 18.0 Å². The van der Waals surface area contributed by atoms with E-state index in [4.69, 9.17) is 18.9 Å². The van der Waals surface area contributed by atoms with Crippen molar-refractivity contribution in [2.45, 2.75) is 40.7 Å². The number of benzene rings is 2. The molecule has 45 heavy (non-hydrogen) atoms. The number of rotatable bonds is 8. The van der Waals surface area contributed by atoms with Gasteiger partial charge < -0.3 is 23.5 Å². The molecule has 0 saturated heterocycles. The Morgan fingerprint density at radius 2 is 1.76 bits per heavy atom. The second-order valence-electron chi connectivity index (χ2n) is 10.5. The smallest absolute Gasteiger partial charge is 0.338 e. The van der Waals surface area contributed by atoms with Crippen LogP contribution in [0.25, 0.3) is 11.8 Å². The van der Waals surface area contributed by atoms with E-state index in [9.17, 15) is 14.4 Å². The third-order valence-corrected chi connectivity index (χ3v) is 8.94. The van der Waals surface area contributed by atoms with E-state index in [0.717, 1.165) is 28.2 Å². The lowest BCUT2D eigenvalue weighted by molar-refractivity contribution is -0.139. The molecule has 0 radical (unpaired) electrons. The maximum Gasteiger partial charge on any atom is 0.338 e. The molecule has 1 atom stereocenters. The van der Waals surface area contributed by atoms with Gasteiger partial charge in [-0.3, -0.25) is 9.36 Å². The largest absolute Gasteiger partial charge is 0.497 e. The van der Waals surface area contributed by atoms with Gasteiger partial charge in [0, 0.05) is 28.7 Å². The van der Waals surface area contributed by atoms with Crippen molar-refractivity contribution in [1.29, 1.82) is 0 Å². The third kappa shape index (κ3) is 5.48. The van der Waals surface area contributed by atoms with E-state index in [0.29, 0.717) is 37.7 Å². The van der Waals surface area contributed by atoms with Crippen molar-refractivity contribution >= 4 is 29.4 Å². The van der Waals surface area contributed by atoms with Crippen LogP contribution in [0.3, 0.4) is 0 Å². The number of nitrogens with zero attached hydrogens (tertiary/aromatic N) is 3. The molecular weight excluding hydrogens is 594 g/mol. The lowest BCUT2D eigenvalue weighted by atomic mass is 9.95. The van der Waals surface area contributed by atoms with E-state index in [1.807, 2.05) is 45.0 Å². The molecule has 2 aromatic heterocycles. The number of carbonyl (C=O) groups is 2. The minimum atomic E-state index is -0.834. The summed E-state index contributed by atoms with van der Waals surface area (Å²) in [5.74, 6) is 0.0744. The first-order valence-electron chi connectivity index (χ1n) is 14.3. The van der Waals surface area contributed by atoms with E-state index in [1.165, 1.54) is 30.1 Å². The molecule has 2 aromatic carbocycles. The van der Waals surface area contributed by atoms with Gasteiger partial charge in [0.25, 0.3) is 5.56 Å². The first-order valence-corrected chi connectivity index (χ1v) is 15.2. The van der Waals surface area contributed by atoms with Gasteiger partial charge in [-0.25, -0.2) is 14.6 Å². The van der Waals surface area contributed by atoms with Crippen LogP contribution >= 0.6 is 11.3 Å². The van der Waals surface area contributed by atoms with Gasteiger partial charge in [-0.2, -0.15) is 0 Å². The molecule has 0 amide bonds. The number of aryl methyl sites for hydroxylation is 1. The fourth-order valence-corrected chi connectivity index (χ4v) is 6.81. The zero-order valence-corrected chi connectivity index (χ0v) is 27.3. The standard InChI is InChI=1S/C34H35N3O7S/c1-9-44-33(40)29-20(4)35-34-37(30(29)25-14-13-23(41-6)17-27(25)42-7)31(38)28(45-34)16-22-15-18(2)36(21(22)5)26-12-10-11-24(19(26)3)32(39)43-8/h10-17,30H,9H2,1-8H3/b28-16+/t30-/m0/s1. The Labute approximate surface area is 264 Å². The molecule has 11 heteroatoms. The van der Waals surface area contributed by atoms with Crippen LogP contribution in [0, 0.1) is 20.8 Å². The normalized spacial score (nSPS) is 14.6. The van der Waals surface area contributed by atoms with Crippen LogP contribution in [-0.4, -0.2) is 49.0 Å². The molecule has 234 valence electrons. The number of methoxy groups -OCH3 is 3. The number of ether oxygens (including phenoxy) is 4. The molecule has 10 nitrogen and oxygen atoms in total. The Morgan fingerprint density at radius 3 is 2.42 bits per heavy atom. The number of hydrogen-bond acceptors (Lipinski definition) is 9. The maximum atomic E-state index is 14.2.